The van der Waals surface area contributed by atoms with Gasteiger partial charge in [0.1, 0.15) is 5.82 Å². The molecule has 0 aliphatic rings. The molecule has 7 heteroatoms. The maximum absolute atomic E-state index is 13.0. The minimum atomic E-state index is -0.702. The average molecular weight is 354 g/mol. The summed E-state index contributed by atoms with van der Waals surface area (Å²) in [5.41, 5.74) is 11.9. The highest BCUT2D eigenvalue weighted by Crippen LogP contribution is 2.31. The minimum Gasteiger partial charge on any atom is -0.370 e. The molecule has 120 valence electrons. The SMILES string of the molecule is NC(N)=NC(=O)C(Cc1ccc(F)cc1)c1ccc(Cl)cc1Cl. The van der Waals surface area contributed by atoms with Crippen molar-refractivity contribution in [3.8, 4) is 0 Å². The molecule has 0 saturated heterocycles. The molecule has 0 saturated carbocycles. The fourth-order valence-corrected chi connectivity index (χ4v) is 2.72. The van der Waals surface area contributed by atoms with Crippen molar-refractivity contribution in [1.82, 2.24) is 0 Å². The van der Waals surface area contributed by atoms with Crippen LogP contribution in [-0.4, -0.2) is 11.9 Å². The second kappa shape index (κ2) is 7.44. The van der Waals surface area contributed by atoms with E-state index in [1.165, 1.54) is 12.1 Å². The summed E-state index contributed by atoms with van der Waals surface area (Å²) in [7, 11) is 0. The number of nitrogens with two attached hydrogens (primary N) is 2. The second-order valence-electron chi connectivity index (χ2n) is 4.92. The molecule has 0 heterocycles. The summed E-state index contributed by atoms with van der Waals surface area (Å²) in [5, 5.41) is 0.789. The Bertz CT molecular complexity index is 743. The molecule has 0 aliphatic heterocycles. The molecule has 0 spiro atoms. The van der Waals surface area contributed by atoms with Crippen LogP contribution in [0.15, 0.2) is 47.5 Å². The molecule has 4 nitrogen and oxygen atoms in total. The number of rotatable bonds is 4. The normalized spacial score (nSPS) is 11.8. The number of amides is 1. The molecule has 23 heavy (non-hydrogen) atoms. The standard InChI is InChI=1S/C16H14Cl2FN3O/c17-10-3-6-12(14(18)8-10)13(15(23)22-16(20)21)7-9-1-4-11(19)5-2-9/h1-6,8,13H,7H2,(H4,20,21,22,23). The van der Waals surface area contributed by atoms with Crippen molar-refractivity contribution in [2.45, 2.75) is 12.3 Å². The Morgan fingerprint density at radius 2 is 1.78 bits per heavy atom. The highest BCUT2D eigenvalue weighted by atomic mass is 35.5. The van der Waals surface area contributed by atoms with Crippen LogP contribution in [0.4, 0.5) is 4.39 Å². The van der Waals surface area contributed by atoms with Gasteiger partial charge in [-0.05, 0) is 41.8 Å². The van der Waals surface area contributed by atoms with Crippen molar-refractivity contribution < 1.29 is 9.18 Å². The molecule has 2 aromatic carbocycles. The van der Waals surface area contributed by atoms with Gasteiger partial charge in [-0.2, -0.15) is 4.99 Å². The van der Waals surface area contributed by atoms with E-state index in [9.17, 15) is 9.18 Å². The summed E-state index contributed by atoms with van der Waals surface area (Å²) in [4.78, 5) is 15.9. The summed E-state index contributed by atoms with van der Waals surface area (Å²) in [6.45, 7) is 0. The fourth-order valence-electron chi connectivity index (χ4n) is 2.18. The van der Waals surface area contributed by atoms with Gasteiger partial charge >= 0.3 is 0 Å². The van der Waals surface area contributed by atoms with Gasteiger partial charge in [0, 0.05) is 10.0 Å². The zero-order valence-electron chi connectivity index (χ0n) is 12.0. The molecule has 2 aromatic rings. The van der Waals surface area contributed by atoms with Crippen LogP contribution in [0.25, 0.3) is 0 Å². The number of aliphatic imine (C=N–C) groups is 1. The first-order valence-electron chi connectivity index (χ1n) is 6.69. The zero-order chi connectivity index (χ0) is 17.0. The van der Waals surface area contributed by atoms with Crippen molar-refractivity contribution in [1.29, 1.82) is 0 Å². The Labute approximate surface area is 142 Å². The summed E-state index contributed by atoms with van der Waals surface area (Å²) < 4.78 is 13.0. The van der Waals surface area contributed by atoms with E-state index >= 15 is 0 Å². The fraction of sp³-hybridized carbons (Fsp3) is 0.125. The van der Waals surface area contributed by atoms with Crippen molar-refractivity contribution in [2.75, 3.05) is 0 Å². The van der Waals surface area contributed by atoms with Gasteiger partial charge < -0.3 is 11.5 Å². The maximum atomic E-state index is 13.0. The topological polar surface area (TPSA) is 81.5 Å². The number of hydrogen-bond acceptors (Lipinski definition) is 1. The molecule has 1 unspecified atom stereocenters. The first-order valence-corrected chi connectivity index (χ1v) is 7.45. The lowest BCUT2D eigenvalue weighted by atomic mass is 9.91. The Hall–Kier alpha value is -2.11. The smallest absolute Gasteiger partial charge is 0.256 e. The van der Waals surface area contributed by atoms with Crippen LogP contribution in [0.1, 0.15) is 17.0 Å². The van der Waals surface area contributed by atoms with Gasteiger partial charge in [-0.25, -0.2) is 4.39 Å². The number of nitrogens with zero attached hydrogens (tertiary/aromatic N) is 1. The predicted octanol–water partition coefficient (Wildman–Crippen LogP) is 3.26. The quantitative estimate of drug-likeness (QED) is 0.653. The largest absolute Gasteiger partial charge is 0.370 e. The molecule has 2 rings (SSSR count). The Kier molecular flexibility index (Phi) is 5.58. The molecule has 1 amide bonds. The van der Waals surface area contributed by atoms with Crippen LogP contribution in [0.5, 0.6) is 0 Å². The van der Waals surface area contributed by atoms with Crippen LogP contribution < -0.4 is 11.5 Å². The molecule has 0 aliphatic carbocycles. The third-order valence-corrected chi connectivity index (χ3v) is 3.79. The molecular weight excluding hydrogens is 340 g/mol. The van der Waals surface area contributed by atoms with Crippen LogP contribution in [0, 0.1) is 5.82 Å². The van der Waals surface area contributed by atoms with E-state index in [0.29, 0.717) is 15.6 Å². The van der Waals surface area contributed by atoms with Gasteiger partial charge in [0.2, 0.25) is 0 Å². The first-order chi connectivity index (χ1) is 10.9. The van der Waals surface area contributed by atoms with Crippen LogP contribution in [0.2, 0.25) is 10.0 Å². The Morgan fingerprint density at radius 3 is 2.35 bits per heavy atom. The Balaban J connectivity index is 2.40. The number of guanidine groups is 1. The van der Waals surface area contributed by atoms with Crippen molar-refractivity contribution in [3.63, 3.8) is 0 Å². The van der Waals surface area contributed by atoms with E-state index in [1.54, 1.807) is 30.3 Å². The van der Waals surface area contributed by atoms with Gasteiger partial charge in [0.05, 0.1) is 5.92 Å². The zero-order valence-corrected chi connectivity index (χ0v) is 13.5. The van der Waals surface area contributed by atoms with Gasteiger partial charge in [0.25, 0.3) is 5.91 Å². The lowest BCUT2D eigenvalue weighted by Gasteiger charge is -2.16. The molecule has 0 aromatic heterocycles. The van der Waals surface area contributed by atoms with E-state index in [1.807, 2.05) is 0 Å². The summed E-state index contributed by atoms with van der Waals surface area (Å²) in [6.07, 6.45) is 0.275. The first kappa shape index (κ1) is 17.2. The van der Waals surface area contributed by atoms with Gasteiger partial charge in [-0.1, -0.05) is 41.4 Å². The Morgan fingerprint density at radius 1 is 1.13 bits per heavy atom. The second-order valence-corrected chi connectivity index (χ2v) is 5.77. The summed E-state index contributed by atoms with van der Waals surface area (Å²) >= 11 is 12.1. The summed E-state index contributed by atoms with van der Waals surface area (Å²) in [6, 6.07) is 10.6. The molecule has 4 N–H and O–H groups in total. The molecule has 1 atom stereocenters. The highest BCUT2D eigenvalue weighted by molar-refractivity contribution is 6.35. The average Bonchev–Trinajstić information content (AvgIpc) is 2.46. The highest BCUT2D eigenvalue weighted by Gasteiger charge is 2.23. The molecule has 0 radical (unpaired) electrons. The van der Waals surface area contributed by atoms with Crippen LogP contribution >= 0.6 is 23.2 Å². The number of benzene rings is 2. The number of carbonyl (C=O) groups excluding carboxylic acids is 1. The molecular formula is C16H14Cl2FN3O. The van der Waals surface area contributed by atoms with E-state index < -0.39 is 11.8 Å². The van der Waals surface area contributed by atoms with E-state index in [0.717, 1.165) is 5.56 Å². The third kappa shape index (κ3) is 4.68. The van der Waals surface area contributed by atoms with Crippen molar-refractivity contribution in [2.24, 2.45) is 16.5 Å². The lowest BCUT2D eigenvalue weighted by molar-refractivity contribution is -0.119. The van der Waals surface area contributed by atoms with Gasteiger partial charge in [-0.15, -0.1) is 0 Å². The van der Waals surface area contributed by atoms with E-state index in [-0.39, 0.29) is 18.2 Å². The van der Waals surface area contributed by atoms with Gasteiger partial charge in [-0.3, -0.25) is 4.79 Å². The van der Waals surface area contributed by atoms with Gasteiger partial charge in [0.15, 0.2) is 5.96 Å². The number of halogens is 3. The summed E-state index contributed by atoms with van der Waals surface area (Å²) in [5.74, 6) is -1.92. The van der Waals surface area contributed by atoms with Crippen LogP contribution in [0.3, 0.4) is 0 Å². The third-order valence-electron chi connectivity index (χ3n) is 3.23. The maximum Gasteiger partial charge on any atom is 0.256 e. The lowest BCUT2D eigenvalue weighted by Crippen LogP contribution is -2.26. The predicted molar refractivity (Wildman–Crippen MR) is 90.1 cm³/mol. The van der Waals surface area contributed by atoms with E-state index in [4.69, 9.17) is 34.7 Å². The number of hydrogen-bond donors (Lipinski definition) is 2. The van der Waals surface area contributed by atoms with E-state index in [2.05, 4.69) is 4.99 Å². The number of carbonyl (C=O) groups is 1. The molecule has 0 bridgehead atoms. The van der Waals surface area contributed by atoms with Crippen LogP contribution in [-0.2, 0) is 11.2 Å². The van der Waals surface area contributed by atoms with Crippen molar-refractivity contribution >= 4 is 35.1 Å². The monoisotopic (exact) mass is 353 g/mol. The molecule has 0 fully saturated rings. The minimum absolute atomic E-state index is 0.275. The van der Waals surface area contributed by atoms with Crippen molar-refractivity contribution in [3.05, 3.63) is 69.5 Å².